The summed E-state index contributed by atoms with van der Waals surface area (Å²) in [6.07, 6.45) is 2.03. The minimum Gasteiger partial charge on any atom is -0.316 e. The highest BCUT2D eigenvalue weighted by Gasteiger charge is 2.24. The van der Waals surface area contributed by atoms with Crippen molar-refractivity contribution in [1.29, 1.82) is 0 Å². The zero-order valence-electron chi connectivity index (χ0n) is 16.7. The van der Waals surface area contributed by atoms with Crippen molar-refractivity contribution in [1.82, 2.24) is 14.7 Å². The molecule has 3 aromatic rings. The fourth-order valence-corrected chi connectivity index (χ4v) is 4.66. The highest BCUT2D eigenvalue weighted by atomic mass is 32.2. The average Bonchev–Trinajstić information content (AvgIpc) is 2.67. The van der Waals surface area contributed by atoms with E-state index in [1.54, 1.807) is 0 Å². The third-order valence-corrected chi connectivity index (χ3v) is 6.27. The van der Waals surface area contributed by atoms with Gasteiger partial charge in [-0.15, -0.1) is 0 Å². The van der Waals surface area contributed by atoms with Gasteiger partial charge in [0.25, 0.3) is 0 Å². The molecule has 0 saturated carbocycles. The highest BCUT2D eigenvalue weighted by Crippen LogP contribution is 2.25. The first kappa shape index (κ1) is 21.0. The molecular formula is C21H25N3O4S. The Labute approximate surface area is 169 Å². The van der Waals surface area contributed by atoms with Gasteiger partial charge in [0.15, 0.2) is 0 Å². The molecular weight excluding hydrogens is 390 g/mol. The van der Waals surface area contributed by atoms with E-state index in [0.29, 0.717) is 5.52 Å². The lowest BCUT2D eigenvalue weighted by molar-refractivity contribution is 0.463. The van der Waals surface area contributed by atoms with E-state index < -0.39 is 27.2 Å². The SMILES string of the molecule is CCCc1ccc([C@@H](NS(=O)(=O)c2ccc3[nH]c(=O)c(=O)[nH]c3c2)C(C)C)cc1. The van der Waals surface area contributed by atoms with Crippen molar-refractivity contribution in [3.8, 4) is 0 Å². The van der Waals surface area contributed by atoms with Gasteiger partial charge >= 0.3 is 11.1 Å². The number of hydrogen-bond donors (Lipinski definition) is 3. The molecule has 0 radical (unpaired) electrons. The van der Waals surface area contributed by atoms with Gasteiger partial charge < -0.3 is 9.97 Å². The number of rotatable bonds is 7. The minimum atomic E-state index is -3.85. The van der Waals surface area contributed by atoms with Gasteiger partial charge in [-0.1, -0.05) is 51.5 Å². The lowest BCUT2D eigenvalue weighted by Gasteiger charge is -2.23. The van der Waals surface area contributed by atoms with Gasteiger partial charge in [0, 0.05) is 6.04 Å². The molecule has 29 heavy (non-hydrogen) atoms. The van der Waals surface area contributed by atoms with Gasteiger partial charge in [0.2, 0.25) is 10.0 Å². The van der Waals surface area contributed by atoms with Crippen LogP contribution in [0.2, 0.25) is 0 Å². The van der Waals surface area contributed by atoms with Crippen LogP contribution < -0.4 is 15.8 Å². The molecule has 0 amide bonds. The van der Waals surface area contributed by atoms with Crippen molar-refractivity contribution in [3.05, 3.63) is 74.3 Å². The van der Waals surface area contributed by atoms with Gasteiger partial charge in [-0.3, -0.25) is 9.59 Å². The Morgan fingerprint density at radius 3 is 2.14 bits per heavy atom. The molecule has 1 aromatic heterocycles. The summed E-state index contributed by atoms with van der Waals surface area (Å²) in [5.41, 5.74) is 1.11. The van der Waals surface area contributed by atoms with E-state index in [1.165, 1.54) is 23.8 Å². The second kappa shape index (κ2) is 8.34. The molecule has 0 saturated heterocycles. The van der Waals surface area contributed by atoms with E-state index in [-0.39, 0.29) is 16.3 Å². The molecule has 1 heterocycles. The standard InChI is InChI=1S/C21H25N3O4S/c1-4-5-14-6-8-15(9-7-14)19(13(2)3)24-29(27,28)16-10-11-17-18(12-16)23-21(26)20(25)22-17/h6-13,19,24H,4-5H2,1-3H3,(H,22,25)(H,23,26)/t19-/m0/s1. The second-order valence-corrected chi connectivity index (χ2v) is 9.16. The van der Waals surface area contributed by atoms with Gasteiger partial charge in [0.1, 0.15) is 0 Å². The first-order valence-electron chi connectivity index (χ1n) is 9.59. The summed E-state index contributed by atoms with van der Waals surface area (Å²) in [4.78, 5) is 27.8. The van der Waals surface area contributed by atoms with Crippen LogP contribution in [0.25, 0.3) is 11.0 Å². The molecule has 1 atom stereocenters. The van der Waals surface area contributed by atoms with Crippen LogP contribution in [0.5, 0.6) is 0 Å². The lowest BCUT2D eigenvalue weighted by atomic mass is 9.95. The molecule has 8 heteroatoms. The number of nitrogens with one attached hydrogen (secondary N) is 3. The van der Waals surface area contributed by atoms with Crippen molar-refractivity contribution in [3.63, 3.8) is 0 Å². The number of H-pyrrole nitrogens is 2. The van der Waals surface area contributed by atoms with E-state index in [1.807, 2.05) is 38.1 Å². The van der Waals surface area contributed by atoms with Crippen molar-refractivity contribution in [2.45, 2.75) is 44.6 Å². The summed E-state index contributed by atoms with van der Waals surface area (Å²) in [5, 5.41) is 0. The highest BCUT2D eigenvalue weighted by molar-refractivity contribution is 7.89. The van der Waals surface area contributed by atoms with Crippen LogP contribution in [0.4, 0.5) is 0 Å². The quantitative estimate of drug-likeness (QED) is 0.515. The van der Waals surface area contributed by atoms with Crippen molar-refractivity contribution in [2.75, 3.05) is 0 Å². The van der Waals surface area contributed by atoms with Crippen LogP contribution in [0, 0.1) is 5.92 Å². The summed E-state index contributed by atoms with van der Waals surface area (Å²) in [5.74, 6) is 0.0263. The molecule has 0 bridgehead atoms. The number of aromatic amines is 2. The minimum absolute atomic E-state index is 0.0148. The van der Waals surface area contributed by atoms with E-state index in [2.05, 4.69) is 21.6 Å². The van der Waals surface area contributed by atoms with E-state index in [4.69, 9.17) is 0 Å². The summed E-state index contributed by atoms with van der Waals surface area (Å²) in [6.45, 7) is 6.02. The molecule has 0 aliphatic rings. The maximum atomic E-state index is 13.0. The van der Waals surface area contributed by atoms with Crippen LogP contribution >= 0.6 is 0 Å². The fraction of sp³-hybridized carbons (Fsp3) is 0.333. The molecule has 3 N–H and O–H groups in total. The molecule has 0 aliphatic carbocycles. The van der Waals surface area contributed by atoms with E-state index in [0.717, 1.165) is 18.4 Å². The Kier molecular flexibility index (Phi) is 6.04. The Morgan fingerprint density at radius 1 is 0.931 bits per heavy atom. The molecule has 0 unspecified atom stereocenters. The topological polar surface area (TPSA) is 112 Å². The van der Waals surface area contributed by atoms with Crippen LogP contribution in [-0.2, 0) is 16.4 Å². The second-order valence-electron chi connectivity index (χ2n) is 7.45. The Morgan fingerprint density at radius 2 is 1.55 bits per heavy atom. The number of hydrogen-bond acceptors (Lipinski definition) is 4. The zero-order chi connectivity index (χ0) is 21.2. The fourth-order valence-electron chi connectivity index (χ4n) is 3.27. The molecule has 3 rings (SSSR count). The first-order chi connectivity index (χ1) is 13.7. The maximum Gasteiger partial charge on any atom is 0.314 e. The van der Waals surface area contributed by atoms with Crippen molar-refractivity contribution >= 4 is 21.1 Å². The van der Waals surface area contributed by atoms with Gasteiger partial charge in [-0.05, 0) is 41.7 Å². The monoisotopic (exact) mass is 415 g/mol. The maximum absolute atomic E-state index is 13.0. The molecule has 0 spiro atoms. The Balaban J connectivity index is 1.94. The summed E-state index contributed by atoms with van der Waals surface area (Å²) >= 11 is 0. The molecule has 0 aliphatic heterocycles. The van der Waals surface area contributed by atoms with E-state index in [9.17, 15) is 18.0 Å². The number of fused-ring (bicyclic) bond motifs is 1. The van der Waals surface area contributed by atoms with Gasteiger partial charge in [-0.25, -0.2) is 13.1 Å². The van der Waals surface area contributed by atoms with Gasteiger partial charge in [0.05, 0.1) is 15.9 Å². The molecule has 0 fully saturated rings. The summed E-state index contributed by atoms with van der Waals surface area (Å²) in [6, 6.07) is 11.8. The Bertz CT molecular complexity index is 1230. The first-order valence-corrected chi connectivity index (χ1v) is 11.1. The smallest absolute Gasteiger partial charge is 0.314 e. The van der Waals surface area contributed by atoms with Gasteiger partial charge in [-0.2, -0.15) is 0 Å². The van der Waals surface area contributed by atoms with E-state index >= 15 is 0 Å². The predicted molar refractivity (Wildman–Crippen MR) is 114 cm³/mol. The van der Waals surface area contributed by atoms with Crippen LogP contribution in [0.15, 0.2) is 56.9 Å². The zero-order valence-corrected chi connectivity index (χ0v) is 17.5. The third-order valence-electron chi connectivity index (χ3n) is 4.83. The lowest BCUT2D eigenvalue weighted by Crippen LogP contribution is -2.32. The predicted octanol–water partition coefficient (Wildman–Crippen LogP) is 2.84. The largest absolute Gasteiger partial charge is 0.316 e. The summed E-state index contributed by atoms with van der Waals surface area (Å²) < 4.78 is 28.8. The number of sulfonamides is 1. The molecule has 2 aromatic carbocycles. The number of aryl methyl sites for hydroxylation is 1. The Hall–Kier alpha value is -2.71. The molecule has 154 valence electrons. The van der Waals surface area contributed by atoms with Crippen molar-refractivity contribution < 1.29 is 8.42 Å². The van der Waals surface area contributed by atoms with Crippen LogP contribution in [-0.4, -0.2) is 18.4 Å². The molecule has 7 nitrogen and oxygen atoms in total. The number of benzene rings is 2. The van der Waals surface area contributed by atoms with Crippen molar-refractivity contribution in [2.24, 2.45) is 5.92 Å². The summed E-state index contributed by atoms with van der Waals surface area (Å²) in [7, 11) is -3.85. The van der Waals surface area contributed by atoms with Crippen LogP contribution in [0.1, 0.15) is 44.4 Å². The van der Waals surface area contributed by atoms with Crippen LogP contribution in [0.3, 0.4) is 0 Å². The average molecular weight is 416 g/mol. The third kappa shape index (κ3) is 4.65. The normalized spacial score (nSPS) is 13.1. The number of aromatic nitrogens is 2.